The van der Waals surface area contributed by atoms with Gasteiger partial charge < -0.3 is 4.74 Å². The second-order valence-electron chi connectivity index (χ2n) is 5.43. The van der Waals surface area contributed by atoms with Crippen LogP contribution >= 0.6 is 0 Å². The van der Waals surface area contributed by atoms with Crippen LogP contribution in [0.15, 0.2) is 12.1 Å². The Hall–Kier alpha value is -0.900. The normalized spacial score (nSPS) is 21.9. The molecular weight excluding hydrogens is 224 g/mol. The number of benzene rings is 1. The van der Waals surface area contributed by atoms with E-state index >= 15 is 0 Å². The fourth-order valence-corrected chi connectivity index (χ4v) is 3.17. The highest BCUT2D eigenvalue weighted by atomic mass is 16.5. The second-order valence-corrected chi connectivity index (χ2v) is 5.43. The molecule has 0 radical (unpaired) electrons. The van der Waals surface area contributed by atoms with E-state index in [0.717, 1.165) is 19.6 Å². The van der Waals surface area contributed by atoms with E-state index in [-0.39, 0.29) is 6.04 Å². The van der Waals surface area contributed by atoms with Crippen molar-refractivity contribution in [1.29, 1.82) is 0 Å². The molecule has 3 nitrogen and oxygen atoms in total. The maximum absolute atomic E-state index is 5.81. The van der Waals surface area contributed by atoms with Crippen LogP contribution in [0.25, 0.3) is 0 Å². The summed E-state index contributed by atoms with van der Waals surface area (Å²) in [6.45, 7) is 8.17. The van der Waals surface area contributed by atoms with E-state index in [1.807, 2.05) is 0 Å². The number of hydrazine groups is 1. The Bertz CT molecular complexity index is 388. The van der Waals surface area contributed by atoms with Crippen molar-refractivity contribution in [2.45, 2.75) is 39.7 Å². The van der Waals surface area contributed by atoms with Gasteiger partial charge in [-0.05, 0) is 50.3 Å². The molecule has 3 heteroatoms. The Morgan fingerprint density at radius 3 is 2.44 bits per heavy atom. The summed E-state index contributed by atoms with van der Waals surface area (Å²) in [6.07, 6.45) is 2.31. The van der Waals surface area contributed by atoms with Gasteiger partial charge in [0.1, 0.15) is 0 Å². The molecule has 0 aromatic heterocycles. The minimum absolute atomic E-state index is 0.200. The monoisotopic (exact) mass is 248 g/mol. The molecule has 1 fully saturated rings. The van der Waals surface area contributed by atoms with Crippen molar-refractivity contribution in [3.63, 3.8) is 0 Å². The lowest BCUT2D eigenvalue weighted by Gasteiger charge is -2.32. The smallest absolute Gasteiger partial charge is 0.0515 e. The molecule has 18 heavy (non-hydrogen) atoms. The lowest BCUT2D eigenvalue weighted by molar-refractivity contribution is 0.0388. The first-order chi connectivity index (χ1) is 8.63. The topological polar surface area (TPSA) is 47.3 Å². The molecule has 2 rings (SSSR count). The molecule has 1 aromatic carbocycles. The maximum Gasteiger partial charge on any atom is 0.0515 e. The summed E-state index contributed by atoms with van der Waals surface area (Å²) < 4.78 is 5.59. The summed E-state index contributed by atoms with van der Waals surface area (Å²) in [5.41, 5.74) is 8.31. The molecule has 2 atom stereocenters. The van der Waals surface area contributed by atoms with Crippen LogP contribution in [-0.2, 0) is 4.74 Å². The number of nitrogens with two attached hydrogens (primary N) is 1. The van der Waals surface area contributed by atoms with Crippen molar-refractivity contribution in [2.75, 3.05) is 13.2 Å². The maximum atomic E-state index is 5.81. The van der Waals surface area contributed by atoms with Crippen LogP contribution in [0.5, 0.6) is 0 Å². The molecule has 0 saturated carbocycles. The predicted octanol–water partition coefficient (Wildman–Crippen LogP) is 2.54. The molecule has 1 aromatic rings. The van der Waals surface area contributed by atoms with Crippen LogP contribution in [-0.4, -0.2) is 13.2 Å². The molecule has 100 valence electrons. The molecule has 0 bridgehead atoms. The Labute approximate surface area is 110 Å². The van der Waals surface area contributed by atoms with Crippen molar-refractivity contribution in [3.05, 3.63) is 34.4 Å². The van der Waals surface area contributed by atoms with Gasteiger partial charge in [0.05, 0.1) is 12.6 Å². The van der Waals surface area contributed by atoms with Gasteiger partial charge in [0.2, 0.25) is 0 Å². The van der Waals surface area contributed by atoms with Gasteiger partial charge in [0, 0.05) is 12.5 Å². The largest absolute Gasteiger partial charge is 0.381 e. The molecule has 0 amide bonds. The van der Waals surface area contributed by atoms with E-state index in [1.165, 1.54) is 28.7 Å². The number of nitrogens with one attached hydrogen (secondary N) is 1. The first-order valence-corrected chi connectivity index (χ1v) is 6.75. The minimum atomic E-state index is 0.200. The van der Waals surface area contributed by atoms with Crippen molar-refractivity contribution < 1.29 is 4.74 Å². The van der Waals surface area contributed by atoms with Crippen molar-refractivity contribution in [2.24, 2.45) is 11.8 Å². The van der Waals surface area contributed by atoms with Crippen LogP contribution in [0.4, 0.5) is 0 Å². The van der Waals surface area contributed by atoms with Crippen LogP contribution in [0, 0.1) is 26.7 Å². The van der Waals surface area contributed by atoms with E-state index in [9.17, 15) is 0 Å². The molecule has 0 spiro atoms. The van der Waals surface area contributed by atoms with Crippen LogP contribution in [0.1, 0.15) is 41.1 Å². The van der Waals surface area contributed by atoms with Gasteiger partial charge >= 0.3 is 0 Å². The van der Waals surface area contributed by atoms with Gasteiger partial charge in [0.15, 0.2) is 0 Å². The fourth-order valence-electron chi connectivity index (χ4n) is 3.17. The molecule has 1 aliphatic rings. The summed E-state index contributed by atoms with van der Waals surface area (Å²) in [5, 5.41) is 0. The molecule has 1 heterocycles. The summed E-state index contributed by atoms with van der Waals surface area (Å²) in [6, 6.07) is 4.66. The zero-order chi connectivity index (χ0) is 13.1. The average molecular weight is 248 g/mol. The van der Waals surface area contributed by atoms with Gasteiger partial charge in [-0.1, -0.05) is 17.7 Å². The number of hydrogen-bond donors (Lipinski definition) is 2. The Morgan fingerprint density at radius 1 is 1.28 bits per heavy atom. The average Bonchev–Trinajstić information content (AvgIpc) is 2.34. The Kier molecular flexibility index (Phi) is 4.38. The molecule has 3 N–H and O–H groups in total. The van der Waals surface area contributed by atoms with Crippen LogP contribution in [0.3, 0.4) is 0 Å². The summed E-state index contributed by atoms with van der Waals surface area (Å²) in [4.78, 5) is 0. The number of rotatable bonds is 3. The van der Waals surface area contributed by atoms with E-state index in [0.29, 0.717) is 5.92 Å². The highest BCUT2D eigenvalue weighted by Gasteiger charge is 2.27. The quantitative estimate of drug-likeness (QED) is 0.638. The van der Waals surface area contributed by atoms with Crippen molar-refractivity contribution in [3.8, 4) is 0 Å². The number of ether oxygens (including phenoxy) is 1. The standard InChI is InChI=1S/C15H24N2O/c1-10-7-11(2)14(12(3)8-10)15(17-16)13-5-4-6-18-9-13/h7-8,13,15,17H,4-6,9,16H2,1-3H3. The third kappa shape index (κ3) is 2.74. The first kappa shape index (κ1) is 13.5. The van der Waals surface area contributed by atoms with Gasteiger partial charge in [0.25, 0.3) is 0 Å². The van der Waals surface area contributed by atoms with E-state index in [4.69, 9.17) is 10.6 Å². The first-order valence-electron chi connectivity index (χ1n) is 6.75. The molecule has 1 aliphatic heterocycles. The van der Waals surface area contributed by atoms with Crippen LogP contribution < -0.4 is 11.3 Å². The summed E-state index contributed by atoms with van der Waals surface area (Å²) >= 11 is 0. The molecular formula is C15H24N2O. The zero-order valence-corrected chi connectivity index (χ0v) is 11.6. The van der Waals surface area contributed by atoms with Crippen molar-refractivity contribution >= 4 is 0 Å². The summed E-state index contributed by atoms with van der Waals surface area (Å²) in [7, 11) is 0. The Balaban J connectivity index is 2.32. The third-order valence-corrected chi connectivity index (χ3v) is 3.90. The van der Waals surface area contributed by atoms with Gasteiger partial charge in [-0.2, -0.15) is 0 Å². The SMILES string of the molecule is Cc1cc(C)c(C(NN)C2CCCOC2)c(C)c1. The second kappa shape index (κ2) is 5.83. The highest BCUT2D eigenvalue weighted by Crippen LogP contribution is 2.32. The lowest BCUT2D eigenvalue weighted by atomic mass is 9.84. The Morgan fingerprint density at radius 2 is 1.94 bits per heavy atom. The van der Waals surface area contributed by atoms with Gasteiger partial charge in [-0.3, -0.25) is 11.3 Å². The third-order valence-electron chi connectivity index (χ3n) is 3.90. The number of aryl methyl sites for hydroxylation is 3. The highest BCUT2D eigenvalue weighted by molar-refractivity contribution is 5.40. The zero-order valence-electron chi connectivity index (χ0n) is 11.6. The van der Waals surface area contributed by atoms with Crippen LogP contribution in [0.2, 0.25) is 0 Å². The molecule has 2 unspecified atom stereocenters. The van der Waals surface area contributed by atoms with Crippen molar-refractivity contribution in [1.82, 2.24) is 5.43 Å². The van der Waals surface area contributed by atoms with Gasteiger partial charge in [-0.25, -0.2) is 0 Å². The van der Waals surface area contributed by atoms with Gasteiger partial charge in [-0.15, -0.1) is 0 Å². The molecule has 0 aliphatic carbocycles. The number of hydrogen-bond acceptors (Lipinski definition) is 3. The molecule has 1 saturated heterocycles. The lowest BCUT2D eigenvalue weighted by Crippen LogP contribution is -2.38. The van der Waals surface area contributed by atoms with E-state index < -0.39 is 0 Å². The minimum Gasteiger partial charge on any atom is -0.381 e. The summed E-state index contributed by atoms with van der Waals surface area (Å²) in [5.74, 6) is 6.28. The van der Waals surface area contributed by atoms with E-state index in [1.54, 1.807) is 0 Å². The predicted molar refractivity (Wildman–Crippen MR) is 74.3 cm³/mol. The van der Waals surface area contributed by atoms with E-state index in [2.05, 4.69) is 38.3 Å². The fraction of sp³-hybridized carbons (Fsp3) is 0.600.